The van der Waals surface area contributed by atoms with E-state index in [-0.39, 0.29) is 34.0 Å². The van der Waals surface area contributed by atoms with Crippen LogP contribution in [0.2, 0.25) is 0 Å². The van der Waals surface area contributed by atoms with Crippen molar-refractivity contribution in [2.45, 2.75) is 23.7 Å². The van der Waals surface area contributed by atoms with Gasteiger partial charge in [0.2, 0.25) is 12.7 Å². The second kappa shape index (κ2) is 20.1. The molecule has 0 atom stereocenters. The number of rotatable bonds is 9. The van der Waals surface area contributed by atoms with E-state index in [9.17, 15) is 0 Å². The van der Waals surface area contributed by atoms with Crippen molar-refractivity contribution < 1.29 is 43.1 Å². The van der Waals surface area contributed by atoms with E-state index >= 15 is 0 Å². The van der Waals surface area contributed by atoms with E-state index in [1.807, 2.05) is 52.8 Å². The van der Waals surface area contributed by atoms with Crippen molar-refractivity contribution in [1.29, 1.82) is 0 Å². The molecular weight excluding hydrogens is 776 g/mol. The number of benzene rings is 2. The third-order valence-corrected chi connectivity index (χ3v) is 6.90. The third-order valence-electron chi connectivity index (χ3n) is 5.60. The number of imidazole rings is 3. The molecule has 0 N–H and O–H groups in total. The van der Waals surface area contributed by atoms with Gasteiger partial charge in [0.05, 0.1) is 18.7 Å². The fraction of sp³-hybridized carbons (Fsp3) is 0.129. The predicted molar refractivity (Wildman–Crippen MR) is 167 cm³/mol. The molecule has 5 aromatic rings. The van der Waals surface area contributed by atoms with Crippen molar-refractivity contribution in [3.8, 4) is 0 Å². The molecule has 3 heterocycles. The first-order valence-electron chi connectivity index (χ1n) is 12.3. The predicted octanol–water partition coefficient (Wildman–Crippen LogP) is 0.630. The summed E-state index contributed by atoms with van der Waals surface area (Å²) in [5.74, 6) is 0. The number of nitrogens with zero attached hydrogens (tertiary/aromatic N) is 6. The van der Waals surface area contributed by atoms with Crippen molar-refractivity contribution in [2.24, 2.45) is 0 Å². The fourth-order valence-corrected chi connectivity index (χ4v) is 4.34. The highest BCUT2D eigenvalue weighted by Crippen LogP contribution is 2.11. The van der Waals surface area contributed by atoms with Crippen molar-refractivity contribution in [2.75, 3.05) is 0 Å². The maximum Gasteiger partial charge on any atom is 0.248 e. The molecule has 0 saturated carbocycles. The summed E-state index contributed by atoms with van der Waals surface area (Å²) in [6.45, 7) is 12.8. The van der Waals surface area contributed by atoms with Crippen LogP contribution in [0.25, 0.3) is 18.6 Å². The van der Waals surface area contributed by atoms with Crippen LogP contribution >= 0.6 is 31.9 Å². The molecule has 0 amide bonds. The van der Waals surface area contributed by atoms with Crippen LogP contribution in [-0.2, 0) is 23.7 Å². The molecule has 0 fully saturated rings. The van der Waals surface area contributed by atoms with E-state index in [4.69, 9.17) is 0 Å². The minimum atomic E-state index is 0. The second-order valence-corrected chi connectivity index (χ2v) is 9.65. The molecule has 0 aliphatic carbocycles. The average molecular weight is 810 g/mol. The van der Waals surface area contributed by atoms with Crippen molar-refractivity contribution in [3.05, 3.63) is 147 Å². The Morgan fingerprint density at radius 1 is 0.659 bits per heavy atom. The minimum Gasteiger partial charge on any atom is -1.00 e. The van der Waals surface area contributed by atoms with Gasteiger partial charge in [0, 0.05) is 29.3 Å². The van der Waals surface area contributed by atoms with Crippen molar-refractivity contribution in [1.82, 2.24) is 18.7 Å². The molecular formula is C31H34Br4N6. The Hall–Kier alpha value is -2.79. The van der Waals surface area contributed by atoms with Crippen LogP contribution in [0, 0.1) is 0 Å². The van der Waals surface area contributed by atoms with E-state index in [0.29, 0.717) is 0 Å². The lowest BCUT2D eigenvalue weighted by molar-refractivity contribution is -0.688. The summed E-state index contributed by atoms with van der Waals surface area (Å²) in [6, 6.07) is 17.2. The summed E-state index contributed by atoms with van der Waals surface area (Å²) in [6.07, 6.45) is 22.6. The van der Waals surface area contributed by atoms with Crippen LogP contribution in [0.15, 0.2) is 124 Å². The summed E-state index contributed by atoms with van der Waals surface area (Å²) in [5.41, 5.74) is 5.23. The fourth-order valence-electron chi connectivity index (χ4n) is 3.65. The molecule has 0 saturated heterocycles. The van der Waals surface area contributed by atoms with Crippen LogP contribution in [0.1, 0.15) is 22.3 Å². The van der Waals surface area contributed by atoms with Crippen LogP contribution in [0.4, 0.5) is 0 Å². The molecule has 0 spiro atoms. The summed E-state index contributed by atoms with van der Waals surface area (Å²) < 4.78 is 9.94. The highest BCUT2D eigenvalue weighted by atomic mass is 79.9. The van der Waals surface area contributed by atoms with Crippen LogP contribution in [0.5, 0.6) is 0 Å². The molecule has 0 aliphatic rings. The third kappa shape index (κ3) is 12.7. The van der Waals surface area contributed by atoms with Gasteiger partial charge >= 0.3 is 0 Å². The SMILES string of the molecule is BrCc1cccc(CBr)c1.C=Cn1cc[n+](Cc2cccc(C[n+]3ccn(C=C)c3)c2)c1.C=Cn1ccnc1.[Br-].[Br-]. The lowest BCUT2D eigenvalue weighted by Gasteiger charge is -2.02. The highest BCUT2D eigenvalue weighted by molar-refractivity contribution is 9.08. The van der Waals surface area contributed by atoms with Gasteiger partial charge in [-0.2, -0.15) is 0 Å². The zero-order valence-electron chi connectivity index (χ0n) is 22.7. The smallest absolute Gasteiger partial charge is 0.248 e. The number of hydrogen-bond donors (Lipinski definition) is 0. The topological polar surface area (TPSA) is 35.4 Å². The first-order chi connectivity index (χ1) is 19.1. The zero-order chi connectivity index (χ0) is 27.9. The number of alkyl halides is 2. The Bertz CT molecular complexity index is 1370. The summed E-state index contributed by atoms with van der Waals surface area (Å²) >= 11 is 6.81. The average Bonchev–Trinajstić information content (AvgIpc) is 3.76. The second-order valence-electron chi connectivity index (χ2n) is 8.53. The van der Waals surface area contributed by atoms with Crippen LogP contribution in [0.3, 0.4) is 0 Å². The first kappa shape index (κ1) is 36.2. The van der Waals surface area contributed by atoms with E-state index in [1.54, 1.807) is 35.7 Å². The lowest BCUT2D eigenvalue weighted by Crippen LogP contribution is -3.00. The number of halogens is 4. The Kier molecular flexibility index (Phi) is 17.8. The normalized spacial score (nSPS) is 9.51. The standard InChI is InChI=1S/C18H20N4.C8H8Br2.C5H6N2.2BrH/c1-3-19-8-10-21(15-19)13-17-6-5-7-18(12-17)14-22-11-9-20(4-2)16-22;9-5-7-2-1-3-8(4-7)6-10;1-2-7-4-3-6-5-7;;/h3-12,15-16H,1-2,13-14H2;1-4H,5-6H2;2-5H,1H2;2*1H/q+2;;;;/p-2. The van der Waals surface area contributed by atoms with E-state index < -0.39 is 0 Å². The molecule has 6 nitrogen and oxygen atoms in total. The number of hydrogen-bond acceptors (Lipinski definition) is 1. The number of aromatic nitrogens is 6. The molecule has 0 bridgehead atoms. The Morgan fingerprint density at radius 3 is 1.44 bits per heavy atom. The monoisotopic (exact) mass is 806 g/mol. The van der Waals surface area contributed by atoms with Gasteiger partial charge in [0.25, 0.3) is 0 Å². The van der Waals surface area contributed by atoms with Gasteiger partial charge in [-0.1, -0.05) is 94.1 Å². The Balaban J connectivity index is 0.000000367. The maximum absolute atomic E-state index is 3.78. The van der Waals surface area contributed by atoms with Gasteiger partial charge in [0.15, 0.2) is 0 Å². The minimum absolute atomic E-state index is 0. The van der Waals surface area contributed by atoms with Gasteiger partial charge in [-0.05, 0) is 28.3 Å². The van der Waals surface area contributed by atoms with Gasteiger partial charge in [0.1, 0.15) is 37.9 Å². The van der Waals surface area contributed by atoms with Gasteiger partial charge in [-0.3, -0.25) is 0 Å². The van der Waals surface area contributed by atoms with Gasteiger partial charge < -0.3 is 38.5 Å². The van der Waals surface area contributed by atoms with Gasteiger partial charge in [-0.25, -0.2) is 23.3 Å². The van der Waals surface area contributed by atoms with Gasteiger partial charge in [-0.15, -0.1) is 0 Å². The molecule has 10 heteroatoms. The Labute approximate surface area is 280 Å². The Morgan fingerprint density at radius 2 is 1.10 bits per heavy atom. The van der Waals surface area contributed by atoms with E-state index in [1.165, 1.54) is 22.3 Å². The van der Waals surface area contributed by atoms with Crippen molar-refractivity contribution >= 4 is 50.5 Å². The van der Waals surface area contributed by atoms with E-state index in [0.717, 1.165) is 23.7 Å². The molecule has 0 radical (unpaired) electrons. The quantitative estimate of drug-likeness (QED) is 0.159. The van der Waals surface area contributed by atoms with E-state index in [2.05, 4.69) is 114 Å². The lowest BCUT2D eigenvalue weighted by atomic mass is 10.1. The molecule has 0 unspecified atom stereocenters. The molecule has 41 heavy (non-hydrogen) atoms. The highest BCUT2D eigenvalue weighted by Gasteiger charge is 2.06. The first-order valence-corrected chi connectivity index (χ1v) is 14.6. The zero-order valence-corrected chi connectivity index (χ0v) is 29.0. The summed E-state index contributed by atoms with van der Waals surface area (Å²) in [4.78, 5) is 3.78. The molecule has 216 valence electrons. The molecule has 0 aliphatic heterocycles. The molecule has 5 rings (SSSR count). The maximum atomic E-state index is 3.78. The summed E-state index contributed by atoms with van der Waals surface area (Å²) in [7, 11) is 0. The molecule has 2 aromatic carbocycles. The molecule has 3 aromatic heterocycles. The van der Waals surface area contributed by atoms with Crippen LogP contribution in [-0.4, -0.2) is 18.7 Å². The largest absolute Gasteiger partial charge is 1.00 e. The summed E-state index contributed by atoms with van der Waals surface area (Å²) in [5, 5.41) is 1.88. The van der Waals surface area contributed by atoms with Crippen LogP contribution < -0.4 is 43.1 Å². The van der Waals surface area contributed by atoms with Crippen molar-refractivity contribution in [3.63, 3.8) is 0 Å².